The number of fused-ring (bicyclic) bond motifs is 1. The van der Waals surface area contributed by atoms with Crippen LogP contribution in [0.15, 0.2) is 91.1 Å². The molecule has 6 nitrogen and oxygen atoms in total. The van der Waals surface area contributed by atoms with Gasteiger partial charge in [-0.3, -0.25) is 0 Å². The van der Waals surface area contributed by atoms with Crippen LogP contribution in [0.2, 0.25) is 0 Å². The van der Waals surface area contributed by atoms with E-state index in [4.69, 9.17) is 9.47 Å². The van der Waals surface area contributed by atoms with Crippen LogP contribution in [0.1, 0.15) is 5.69 Å². The van der Waals surface area contributed by atoms with Crippen LogP contribution in [0.3, 0.4) is 0 Å². The number of hydrogen-bond acceptors (Lipinski definition) is 5. The third-order valence-electron chi connectivity index (χ3n) is 4.67. The third-order valence-corrected chi connectivity index (χ3v) is 4.67. The van der Waals surface area contributed by atoms with Crippen molar-refractivity contribution in [3.8, 4) is 23.3 Å². The van der Waals surface area contributed by atoms with Crippen molar-refractivity contribution in [1.82, 2.24) is 15.0 Å². The molecule has 0 bridgehead atoms. The molecular formula is C25H20N4O2. The molecule has 0 saturated carbocycles. The fraction of sp³-hybridized carbons (Fsp3) is 0.0400. The number of nitrogens with one attached hydrogen (secondary N) is 2. The Morgan fingerprint density at radius 3 is 2.32 bits per heavy atom. The van der Waals surface area contributed by atoms with E-state index in [1.165, 1.54) is 0 Å². The smallest absolute Gasteiger partial charge is 0.323 e. The number of nitrogens with zero attached hydrogens (tertiary/aromatic N) is 2. The van der Waals surface area contributed by atoms with Gasteiger partial charge in [-0.05, 0) is 73.7 Å². The molecule has 5 rings (SSSR count). The average Bonchev–Trinajstić information content (AvgIpc) is 3.15. The number of para-hydroxylation sites is 1. The molecule has 2 N–H and O–H groups in total. The predicted molar refractivity (Wildman–Crippen MR) is 121 cm³/mol. The molecule has 0 saturated heterocycles. The standard InChI is InChI=1S/C25H20N4O2/c1-17-15-18-16-19(7-12-23(18)27-17)28-24-13-14-26-25(29-24)31-22-10-8-21(9-11-22)30-20-5-3-2-4-6-20/h2-16,27H,1H3,(H,26,28,29). The van der Waals surface area contributed by atoms with Crippen molar-refractivity contribution in [2.75, 3.05) is 5.32 Å². The van der Waals surface area contributed by atoms with Crippen LogP contribution in [0, 0.1) is 6.92 Å². The summed E-state index contributed by atoms with van der Waals surface area (Å²) in [5.74, 6) is 2.79. The van der Waals surface area contributed by atoms with Gasteiger partial charge in [-0.1, -0.05) is 18.2 Å². The predicted octanol–water partition coefficient (Wildman–Crippen LogP) is 6.59. The zero-order valence-corrected chi connectivity index (χ0v) is 16.9. The lowest BCUT2D eigenvalue weighted by atomic mass is 10.2. The third kappa shape index (κ3) is 4.48. The number of aromatic amines is 1. The summed E-state index contributed by atoms with van der Waals surface area (Å²) in [5, 5.41) is 4.45. The Morgan fingerprint density at radius 1 is 0.774 bits per heavy atom. The lowest BCUT2D eigenvalue weighted by Gasteiger charge is -2.09. The lowest BCUT2D eigenvalue weighted by molar-refractivity contribution is 0.439. The van der Waals surface area contributed by atoms with E-state index in [1.807, 2.05) is 73.7 Å². The molecule has 0 spiro atoms. The molecule has 0 amide bonds. The first-order valence-corrected chi connectivity index (χ1v) is 9.91. The highest BCUT2D eigenvalue weighted by Crippen LogP contribution is 2.26. The second-order valence-electron chi connectivity index (χ2n) is 7.09. The normalized spacial score (nSPS) is 10.7. The molecular weight excluding hydrogens is 388 g/mol. The zero-order valence-electron chi connectivity index (χ0n) is 16.9. The Bertz CT molecular complexity index is 1310. The second kappa shape index (κ2) is 8.20. The Labute approximate surface area is 179 Å². The van der Waals surface area contributed by atoms with E-state index in [0.29, 0.717) is 11.6 Å². The van der Waals surface area contributed by atoms with Crippen LogP contribution in [0.4, 0.5) is 11.5 Å². The number of H-pyrrole nitrogens is 1. The molecule has 2 aromatic heterocycles. The first kappa shape index (κ1) is 18.7. The lowest BCUT2D eigenvalue weighted by Crippen LogP contribution is -1.97. The van der Waals surface area contributed by atoms with Gasteiger partial charge in [0.1, 0.15) is 23.1 Å². The molecule has 6 heteroatoms. The first-order chi connectivity index (χ1) is 15.2. The molecule has 31 heavy (non-hydrogen) atoms. The number of ether oxygens (including phenoxy) is 2. The van der Waals surface area contributed by atoms with E-state index in [0.717, 1.165) is 33.8 Å². The van der Waals surface area contributed by atoms with Gasteiger partial charge in [-0.25, -0.2) is 4.98 Å². The summed E-state index contributed by atoms with van der Waals surface area (Å²) in [7, 11) is 0. The molecule has 5 aromatic rings. The maximum atomic E-state index is 5.81. The Morgan fingerprint density at radius 2 is 1.52 bits per heavy atom. The minimum atomic E-state index is 0.264. The van der Waals surface area contributed by atoms with E-state index in [1.54, 1.807) is 12.3 Å². The van der Waals surface area contributed by atoms with E-state index in [2.05, 4.69) is 32.4 Å². The van der Waals surface area contributed by atoms with Crippen molar-refractivity contribution in [2.45, 2.75) is 6.92 Å². The highest BCUT2D eigenvalue weighted by Gasteiger charge is 2.05. The van der Waals surface area contributed by atoms with Crippen molar-refractivity contribution in [1.29, 1.82) is 0 Å². The topological polar surface area (TPSA) is 72.1 Å². The molecule has 0 aliphatic rings. The van der Waals surface area contributed by atoms with E-state index in [9.17, 15) is 0 Å². The summed E-state index contributed by atoms with van der Waals surface area (Å²) < 4.78 is 11.6. The van der Waals surface area contributed by atoms with E-state index < -0.39 is 0 Å². The van der Waals surface area contributed by atoms with Crippen LogP contribution < -0.4 is 14.8 Å². The van der Waals surface area contributed by atoms with Crippen LogP contribution in [0.25, 0.3) is 10.9 Å². The minimum Gasteiger partial charge on any atom is -0.457 e. The number of benzene rings is 3. The summed E-state index contributed by atoms with van der Waals surface area (Å²) in [6, 6.07) is 27.3. The van der Waals surface area contributed by atoms with Gasteiger partial charge in [0, 0.05) is 28.5 Å². The molecule has 0 aliphatic heterocycles. The summed E-state index contributed by atoms with van der Waals surface area (Å²) in [4.78, 5) is 12.0. The number of aromatic nitrogens is 3. The second-order valence-corrected chi connectivity index (χ2v) is 7.09. The molecule has 3 aromatic carbocycles. The van der Waals surface area contributed by atoms with Crippen LogP contribution >= 0.6 is 0 Å². The number of rotatable bonds is 6. The Kier molecular flexibility index (Phi) is 4.94. The minimum absolute atomic E-state index is 0.264. The fourth-order valence-corrected chi connectivity index (χ4v) is 3.27. The quantitative estimate of drug-likeness (QED) is 0.331. The average molecular weight is 408 g/mol. The Balaban J connectivity index is 1.27. The summed E-state index contributed by atoms with van der Waals surface area (Å²) in [5.41, 5.74) is 3.18. The van der Waals surface area contributed by atoms with Crippen molar-refractivity contribution in [2.24, 2.45) is 0 Å². The molecule has 0 aliphatic carbocycles. The van der Waals surface area contributed by atoms with E-state index >= 15 is 0 Å². The largest absolute Gasteiger partial charge is 0.457 e. The van der Waals surface area contributed by atoms with Gasteiger partial charge in [-0.2, -0.15) is 4.98 Å². The fourth-order valence-electron chi connectivity index (χ4n) is 3.27. The maximum Gasteiger partial charge on any atom is 0.323 e. The molecule has 152 valence electrons. The van der Waals surface area contributed by atoms with Gasteiger partial charge in [0.25, 0.3) is 0 Å². The van der Waals surface area contributed by atoms with Gasteiger partial charge in [-0.15, -0.1) is 0 Å². The monoisotopic (exact) mass is 408 g/mol. The maximum absolute atomic E-state index is 5.81. The van der Waals surface area contributed by atoms with Crippen molar-refractivity contribution < 1.29 is 9.47 Å². The van der Waals surface area contributed by atoms with Crippen LogP contribution in [-0.2, 0) is 0 Å². The number of aryl methyl sites for hydroxylation is 1. The number of anilines is 2. The van der Waals surface area contributed by atoms with Crippen LogP contribution in [0.5, 0.6) is 23.3 Å². The van der Waals surface area contributed by atoms with Crippen LogP contribution in [-0.4, -0.2) is 15.0 Å². The van der Waals surface area contributed by atoms with Gasteiger partial charge >= 0.3 is 6.01 Å². The molecule has 2 heterocycles. The molecule has 0 fully saturated rings. The zero-order chi connectivity index (χ0) is 21.0. The highest BCUT2D eigenvalue weighted by atomic mass is 16.5. The van der Waals surface area contributed by atoms with Crippen molar-refractivity contribution in [3.63, 3.8) is 0 Å². The molecule has 0 radical (unpaired) electrons. The van der Waals surface area contributed by atoms with E-state index in [-0.39, 0.29) is 6.01 Å². The number of hydrogen-bond donors (Lipinski definition) is 2. The van der Waals surface area contributed by atoms with Gasteiger partial charge < -0.3 is 19.8 Å². The Hall–Kier alpha value is -4.32. The van der Waals surface area contributed by atoms with Gasteiger partial charge in [0.15, 0.2) is 0 Å². The van der Waals surface area contributed by atoms with Crippen molar-refractivity contribution >= 4 is 22.4 Å². The molecule has 0 unspecified atom stereocenters. The summed E-state index contributed by atoms with van der Waals surface area (Å²) in [6.45, 7) is 2.04. The van der Waals surface area contributed by atoms with Gasteiger partial charge in [0.05, 0.1) is 0 Å². The summed E-state index contributed by atoms with van der Waals surface area (Å²) in [6.07, 6.45) is 1.66. The SMILES string of the molecule is Cc1cc2cc(Nc3ccnc(Oc4ccc(Oc5ccccc5)cc4)n3)ccc2[nH]1. The first-order valence-electron chi connectivity index (χ1n) is 9.91. The summed E-state index contributed by atoms with van der Waals surface area (Å²) >= 11 is 0. The van der Waals surface area contributed by atoms with Gasteiger partial charge in [0.2, 0.25) is 0 Å². The highest BCUT2D eigenvalue weighted by molar-refractivity contribution is 5.84. The molecule has 0 atom stereocenters. The van der Waals surface area contributed by atoms with Crippen molar-refractivity contribution in [3.05, 3.63) is 96.8 Å².